The fourth-order valence-electron chi connectivity index (χ4n) is 1.16. The van der Waals surface area contributed by atoms with Crippen molar-refractivity contribution < 1.29 is 9.53 Å². The molecule has 0 fully saturated rings. The summed E-state index contributed by atoms with van der Waals surface area (Å²) in [6.45, 7) is 7.65. The Morgan fingerprint density at radius 2 is 2.19 bits per heavy atom. The van der Waals surface area contributed by atoms with Crippen LogP contribution in [0.25, 0.3) is 0 Å². The van der Waals surface area contributed by atoms with Crippen molar-refractivity contribution >= 4 is 11.8 Å². The maximum Gasteiger partial charge on any atom is 0.328 e. The summed E-state index contributed by atoms with van der Waals surface area (Å²) in [6.07, 6.45) is 1.61. The van der Waals surface area contributed by atoms with E-state index < -0.39 is 6.04 Å². The fraction of sp³-hybridized carbons (Fsp3) is 0.545. The predicted molar refractivity (Wildman–Crippen MR) is 61.2 cm³/mol. The molecular weight excluding hydrogens is 206 g/mol. The molecule has 0 saturated heterocycles. The number of hydrogen-bond donors (Lipinski definition) is 1. The van der Waals surface area contributed by atoms with E-state index in [4.69, 9.17) is 4.74 Å². The molecule has 5 heteroatoms. The van der Waals surface area contributed by atoms with Crippen molar-refractivity contribution in [2.75, 3.05) is 11.9 Å². The first-order valence-electron chi connectivity index (χ1n) is 5.28. The average Bonchev–Trinajstić information content (AvgIpc) is 2.24. The van der Waals surface area contributed by atoms with Gasteiger partial charge in [0.25, 0.3) is 0 Å². The van der Waals surface area contributed by atoms with Crippen LogP contribution in [0.1, 0.15) is 25.2 Å². The molecule has 88 valence electrons. The zero-order chi connectivity index (χ0) is 12.1. The normalized spacial score (nSPS) is 12.0. The Morgan fingerprint density at radius 1 is 1.50 bits per heavy atom. The van der Waals surface area contributed by atoms with Crippen molar-refractivity contribution in [1.82, 2.24) is 9.97 Å². The largest absolute Gasteiger partial charge is 0.464 e. The van der Waals surface area contributed by atoms with Crippen LogP contribution in [0.2, 0.25) is 0 Å². The van der Waals surface area contributed by atoms with Crippen LogP contribution in [-0.2, 0) is 9.53 Å². The second kappa shape index (κ2) is 5.44. The van der Waals surface area contributed by atoms with Gasteiger partial charge < -0.3 is 10.1 Å². The molecule has 0 amide bonds. The third kappa shape index (κ3) is 3.18. The number of nitrogens with zero attached hydrogens (tertiary/aromatic N) is 2. The summed E-state index contributed by atoms with van der Waals surface area (Å²) in [6, 6.07) is -0.420. The van der Waals surface area contributed by atoms with Crippen LogP contribution >= 0.6 is 0 Å². The number of hydrogen-bond acceptors (Lipinski definition) is 5. The Kier molecular flexibility index (Phi) is 4.22. The summed E-state index contributed by atoms with van der Waals surface area (Å²) in [7, 11) is 0. The Balaban J connectivity index is 2.66. The standard InChI is InChI=1S/C11H17N3O2/c1-5-16-11(15)9(4)14-10-6-12-7(2)8(3)13-10/h6,9H,5H2,1-4H3,(H,13,14). The molecule has 0 saturated carbocycles. The fourth-order valence-corrected chi connectivity index (χ4v) is 1.16. The first-order valence-corrected chi connectivity index (χ1v) is 5.28. The molecule has 1 heterocycles. The highest BCUT2D eigenvalue weighted by atomic mass is 16.5. The molecule has 1 aromatic heterocycles. The van der Waals surface area contributed by atoms with Crippen molar-refractivity contribution in [2.24, 2.45) is 0 Å². The van der Waals surface area contributed by atoms with Gasteiger partial charge in [0.05, 0.1) is 24.2 Å². The third-order valence-corrected chi connectivity index (χ3v) is 2.20. The predicted octanol–water partition coefficient (Wildman–Crippen LogP) is 1.46. The van der Waals surface area contributed by atoms with Crippen molar-refractivity contribution in [3.8, 4) is 0 Å². The zero-order valence-corrected chi connectivity index (χ0v) is 10.1. The number of esters is 1. The molecule has 1 atom stereocenters. The number of nitrogens with one attached hydrogen (secondary N) is 1. The van der Waals surface area contributed by atoms with E-state index in [0.29, 0.717) is 12.4 Å². The first-order chi connectivity index (χ1) is 7.54. The highest BCUT2D eigenvalue weighted by Gasteiger charge is 2.14. The summed E-state index contributed by atoms with van der Waals surface area (Å²) in [5.74, 6) is 0.297. The quantitative estimate of drug-likeness (QED) is 0.783. The molecule has 0 spiro atoms. The summed E-state index contributed by atoms with van der Waals surface area (Å²) in [5.41, 5.74) is 1.73. The van der Waals surface area contributed by atoms with Crippen molar-refractivity contribution in [1.29, 1.82) is 0 Å². The van der Waals surface area contributed by atoms with E-state index in [-0.39, 0.29) is 5.97 Å². The minimum Gasteiger partial charge on any atom is -0.464 e. The number of rotatable bonds is 4. The van der Waals surface area contributed by atoms with E-state index >= 15 is 0 Å². The van der Waals surface area contributed by atoms with E-state index in [2.05, 4.69) is 15.3 Å². The minimum absolute atomic E-state index is 0.289. The van der Waals surface area contributed by atoms with Crippen LogP contribution in [0.15, 0.2) is 6.20 Å². The molecule has 1 rings (SSSR count). The highest BCUT2D eigenvalue weighted by Crippen LogP contribution is 2.07. The molecule has 16 heavy (non-hydrogen) atoms. The lowest BCUT2D eigenvalue weighted by Crippen LogP contribution is -2.28. The van der Waals surface area contributed by atoms with Crippen molar-refractivity contribution in [3.63, 3.8) is 0 Å². The molecule has 0 aliphatic rings. The summed E-state index contributed by atoms with van der Waals surface area (Å²) in [5, 5.41) is 2.95. The van der Waals surface area contributed by atoms with Gasteiger partial charge in [-0.2, -0.15) is 0 Å². The number of aryl methyl sites for hydroxylation is 2. The second-order valence-corrected chi connectivity index (χ2v) is 3.54. The molecule has 0 aromatic carbocycles. The van der Waals surface area contributed by atoms with Crippen LogP contribution in [0, 0.1) is 13.8 Å². The van der Waals surface area contributed by atoms with E-state index in [0.717, 1.165) is 11.4 Å². The minimum atomic E-state index is -0.420. The van der Waals surface area contributed by atoms with Gasteiger partial charge in [0.1, 0.15) is 11.9 Å². The molecule has 1 N–H and O–H groups in total. The van der Waals surface area contributed by atoms with Gasteiger partial charge in [-0.25, -0.2) is 9.78 Å². The highest BCUT2D eigenvalue weighted by molar-refractivity contribution is 5.78. The lowest BCUT2D eigenvalue weighted by molar-refractivity contribution is -0.143. The second-order valence-electron chi connectivity index (χ2n) is 3.54. The molecule has 0 aliphatic carbocycles. The van der Waals surface area contributed by atoms with Gasteiger partial charge in [0.15, 0.2) is 0 Å². The van der Waals surface area contributed by atoms with E-state index in [1.165, 1.54) is 0 Å². The number of ether oxygens (including phenoxy) is 1. The SMILES string of the molecule is CCOC(=O)C(C)Nc1cnc(C)c(C)n1. The van der Waals surface area contributed by atoms with Gasteiger partial charge in [-0.15, -0.1) is 0 Å². The van der Waals surface area contributed by atoms with Crippen LogP contribution < -0.4 is 5.32 Å². The monoisotopic (exact) mass is 223 g/mol. The van der Waals surface area contributed by atoms with Crippen LogP contribution in [0.3, 0.4) is 0 Å². The molecule has 0 bridgehead atoms. The number of anilines is 1. The number of aromatic nitrogens is 2. The third-order valence-electron chi connectivity index (χ3n) is 2.20. The summed E-state index contributed by atoms with van der Waals surface area (Å²) >= 11 is 0. The molecular formula is C11H17N3O2. The van der Waals surface area contributed by atoms with E-state index in [9.17, 15) is 4.79 Å². The Hall–Kier alpha value is -1.65. The van der Waals surface area contributed by atoms with Crippen molar-refractivity contribution in [3.05, 3.63) is 17.6 Å². The van der Waals surface area contributed by atoms with E-state index in [1.54, 1.807) is 20.0 Å². The van der Waals surface area contributed by atoms with Gasteiger partial charge in [-0.1, -0.05) is 0 Å². The number of carbonyl (C=O) groups excluding carboxylic acids is 1. The van der Waals surface area contributed by atoms with Gasteiger partial charge in [0.2, 0.25) is 0 Å². The van der Waals surface area contributed by atoms with Crippen molar-refractivity contribution in [2.45, 2.75) is 33.7 Å². The first kappa shape index (κ1) is 12.4. The molecule has 0 aliphatic heterocycles. The molecule has 1 aromatic rings. The van der Waals surface area contributed by atoms with Crippen LogP contribution in [0.4, 0.5) is 5.82 Å². The van der Waals surface area contributed by atoms with Crippen LogP contribution in [-0.4, -0.2) is 28.6 Å². The topological polar surface area (TPSA) is 64.1 Å². The average molecular weight is 223 g/mol. The van der Waals surface area contributed by atoms with Gasteiger partial charge in [-0.05, 0) is 27.7 Å². The summed E-state index contributed by atoms with van der Waals surface area (Å²) in [4.78, 5) is 19.8. The van der Waals surface area contributed by atoms with Crippen LogP contribution in [0.5, 0.6) is 0 Å². The number of carbonyl (C=O) groups is 1. The Morgan fingerprint density at radius 3 is 2.75 bits per heavy atom. The molecule has 0 radical (unpaired) electrons. The maximum atomic E-state index is 11.4. The zero-order valence-electron chi connectivity index (χ0n) is 10.1. The smallest absolute Gasteiger partial charge is 0.328 e. The van der Waals surface area contributed by atoms with Gasteiger partial charge >= 0.3 is 5.97 Å². The van der Waals surface area contributed by atoms with Gasteiger partial charge in [-0.3, -0.25) is 4.98 Å². The molecule has 1 unspecified atom stereocenters. The lowest BCUT2D eigenvalue weighted by Gasteiger charge is -2.13. The Bertz CT molecular complexity index is 379. The van der Waals surface area contributed by atoms with Gasteiger partial charge in [0, 0.05) is 0 Å². The van der Waals surface area contributed by atoms with E-state index in [1.807, 2.05) is 13.8 Å². The lowest BCUT2D eigenvalue weighted by atomic mass is 10.3. The maximum absolute atomic E-state index is 11.4. The Labute approximate surface area is 95.3 Å². The summed E-state index contributed by atoms with van der Waals surface area (Å²) < 4.78 is 4.88. The molecule has 5 nitrogen and oxygen atoms in total.